The van der Waals surface area contributed by atoms with Crippen LogP contribution < -0.4 is 0 Å². The summed E-state index contributed by atoms with van der Waals surface area (Å²) in [5, 5.41) is 8.36. The van der Waals surface area contributed by atoms with Crippen LogP contribution in [0.5, 0.6) is 0 Å². The van der Waals surface area contributed by atoms with Gasteiger partial charge >= 0.3 is 11.9 Å². The molecule has 0 heterocycles. The number of carboxylic acid groups (broad SMARTS) is 1. The maximum absolute atomic E-state index is 10.6. The van der Waals surface area contributed by atoms with Gasteiger partial charge in [-0.1, -0.05) is 12.7 Å². The summed E-state index contributed by atoms with van der Waals surface area (Å²) in [6.45, 7) is 13.5. The lowest BCUT2D eigenvalue weighted by Gasteiger charge is -1.97. The number of carboxylic acids is 1. The quantitative estimate of drug-likeness (QED) is 0.193. The van der Waals surface area contributed by atoms with Gasteiger partial charge in [-0.3, -0.25) is 0 Å². The van der Waals surface area contributed by atoms with Crippen molar-refractivity contribution in [1.29, 1.82) is 0 Å². The zero-order valence-corrected chi connectivity index (χ0v) is 12.1. The molecule has 0 atom stereocenters. The van der Waals surface area contributed by atoms with Crippen LogP contribution in [0, 0.1) is 6.57 Å². The number of hydrogen-bond donors (Lipinski definition) is 1. The number of esters is 1. The smallest absolute Gasteiger partial charge is 0.333 e. The van der Waals surface area contributed by atoms with Crippen molar-refractivity contribution in [1.82, 2.24) is 0 Å². The van der Waals surface area contributed by atoms with Crippen LogP contribution in [0.1, 0.15) is 20.3 Å². The second-order valence-electron chi connectivity index (χ2n) is 3.75. The summed E-state index contributed by atoms with van der Waals surface area (Å²) in [6, 6.07) is 0. The summed E-state index contributed by atoms with van der Waals surface area (Å²) in [7, 11) is 0. The molecule has 0 unspecified atom stereocenters. The Morgan fingerprint density at radius 2 is 2.10 bits per heavy atom. The molecule has 0 saturated carbocycles. The first-order chi connectivity index (χ1) is 9.86. The van der Waals surface area contributed by atoms with Crippen LogP contribution in [-0.4, -0.2) is 42.8 Å². The maximum Gasteiger partial charge on any atom is 0.333 e. The zero-order valence-electron chi connectivity index (χ0n) is 12.1. The Balaban J connectivity index is 0. The molecule has 7 nitrogen and oxygen atoms in total. The molecule has 0 aromatic heterocycles. The molecule has 0 aliphatic carbocycles. The van der Waals surface area contributed by atoms with Crippen molar-refractivity contribution in [3.8, 4) is 0 Å². The fraction of sp³-hybridized carbons (Fsp3) is 0.429. The van der Waals surface area contributed by atoms with Crippen LogP contribution in [0.3, 0.4) is 0 Å². The average Bonchev–Trinajstić information content (AvgIpc) is 2.44. The van der Waals surface area contributed by atoms with Crippen molar-refractivity contribution in [2.75, 3.05) is 19.7 Å². The van der Waals surface area contributed by atoms with E-state index in [1.54, 1.807) is 6.92 Å². The second kappa shape index (κ2) is 13.7. The van der Waals surface area contributed by atoms with Crippen LogP contribution >= 0.6 is 0 Å². The Morgan fingerprint density at radius 1 is 1.48 bits per heavy atom. The Kier molecular flexibility index (Phi) is 13.5. The number of nitrogens with zero attached hydrogens (tertiary/aromatic N) is 2. The van der Waals surface area contributed by atoms with Crippen LogP contribution in [-0.2, 0) is 19.1 Å². The fourth-order valence-electron chi connectivity index (χ4n) is 0.786. The molecule has 0 amide bonds. The Hall–Kier alpha value is -2.71. The van der Waals surface area contributed by atoms with Crippen molar-refractivity contribution < 1.29 is 24.2 Å². The molecule has 0 spiro atoms. The molecule has 0 rings (SSSR count). The third kappa shape index (κ3) is 15.2. The normalized spacial score (nSPS) is 9.29. The first-order valence-electron chi connectivity index (χ1n) is 5.96. The van der Waals surface area contributed by atoms with E-state index in [0.717, 1.165) is 0 Å². The van der Waals surface area contributed by atoms with Crippen molar-refractivity contribution in [2.45, 2.75) is 20.3 Å². The number of carbonyl (C=O) groups is 2. The van der Waals surface area contributed by atoms with Crippen molar-refractivity contribution in [3.63, 3.8) is 0 Å². The van der Waals surface area contributed by atoms with Gasteiger partial charge in [-0.15, -0.1) is 0 Å². The Labute approximate surface area is 123 Å². The van der Waals surface area contributed by atoms with Crippen LogP contribution in [0.4, 0.5) is 0 Å². The van der Waals surface area contributed by atoms with E-state index in [2.05, 4.69) is 21.2 Å². The fourth-order valence-corrected chi connectivity index (χ4v) is 0.786. The number of aliphatic imine (C=N–C) groups is 1. The van der Waals surface area contributed by atoms with Gasteiger partial charge in [0.2, 0.25) is 12.6 Å². The van der Waals surface area contributed by atoms with Crippen LogP contribution in [0.25, 0.3) is 4.85 Å². The molecule has 114 valence electrons. The molecule has 0 bridgehead atoms. The van der Waals surface area contributed by atoms with E-state index >= 15 is 0 Å². The number of carbonyl (C=O) groups excluding carboxylic acids is 2. The number of ether oxygens (including phenoxy) is 1. The van der Waals surface area contributed by atoms with E-state index in [4.69, 9.17) is 11.7 Å². The van der Waals surface area contributed by atoms with E-state index < -0.39 is 11.9 Å². The third-order valence-electron chi connectivity index (χ3n) is 1.88. The lowest BCUT2D eigenvalue weighted by atomic mass is 10.2. The molecule has 0 radical (unpaired) electrons. The van der Waals surface area contributed by atoms with Gasteiger partial charge in [0.15, 0.2) is 6.61 Å². The van der Waals surface area contributed by atoms with Gasteiger partial charge in [0.25, 0.3) is 0 Å². The standard InChI is InChI=1S/C7H9NO3.C7H9NO2/c1-6(7(10)11)3-2-4-8-5-9;1-6(2)7(9)10-5-4-8-3/h3H,2,4H2,1H3,(H,10,11);1,4-5H2,2H3. The van der Waals surface area contributed by atoms with Gasteiger partial charge in [0.1, 0.15) is 0 Å². The van der Waals surface area contributed by atoms with Gasteiger partial charge in [-0.25, -0.2) is 25.9 Å². The molecule has 0 fully saturated rings. The second-order valence-corrected chi connectivity index (χ2v) is 3.75. The lowest BCUT2D eigenvalue weighted by molar-refractivity contribution is -0.138. The lowest BCUT2D eigenvalue weighted by Crippen LogP contribution is -2.07. The van der Waals surface area contributed by atoms with Gasteiger partial charge in [0.05, 0.1) is 6.54 Å². The molecule has 0 aromatic rings. The van der Waals surface area contributed by atoms with E-state index in [1.165, 1.54) is 19.1 Å². The predicted octanol–water partition coefficient (Wildman–Crippen LogP) is 1.77. The van der Waals surface area contributed by atoms with Crippen molar-refractivity contribution in [2.24, 2.45) is 4.99 Å². The van der Waals surface area contributed by atoms with E-state index in [9.17, 15) is 14.4 Å². The first kappa shape index (κ1) is 20.6. The molecule has 0 aliphatic rings. The van der Waals surface area contributed by atoms with Crippen molar-refractivity contribution in [3.05, 3.63) is 35.2 Å². The molecule has 0 saturated heterocycles. The SMILES string of the molecule is CC(=CCCN=C=O)C(=O)O.[C-]#[N+]CCOC(=O)C(=C)C. The minimum absolute atomic E-state index is 0.162. The molecule has 1 N–H and O–H groups in total. The highest BCUT2D eigenvalue weighted by atomic mass is 16.5. The molecular formula is C14H18N2O5. The average molecular weight is 294 g/mol. The molecule has 21 heavy (non-hydrogen) atoms. The Morgan fingerprint density at radius 3 is 2.52 bits per heavy atom. The summed E-state index contributed by atoms with van der Waals surface area (Å²) >= 11 is 0. The maximum atomic E-state index is 10.6. The minimum atomic E-state index is -0.944. The monoisotopic (exact) mass is 294 g/mol. The van der Waals surface area contributed by atoms with E-state index in [1.807, 2.05) is 0 Å². The topological polar surface area (TPSA) is 97.4 Å². The molecule has 0 aromatic carbocycles. The van der Waals surface area contributed by atoms with Gasteiger partial charge in [-0.2, -0.15) is 0 Å². The predicted molar refractivity (Wildman–Crippen MR) is 76.2 cm³/mol. The summed E-state index contributed by atoms with van der Waals surface area (Å²) in [5.41, 5.74) is 0.635. The Bertz CT molecular complexity index is 482. The summed E-state index contributed by atoms with van der Waals surface area (Å²) < 4.78 is 4.59. The number of rotatable bonds is 7. The zero-order chi connectivity index (χ0) is 16.7. The summed E-state index contributed by atoms with van der Waals surface area (Å²) in [6.07, 6.45) is 3.35. The molecular weight excluding hydrogens is 276 g/mol. The van der Waals surface area contributed by atoms with Crippen LogP contribution in [0.2, 0.25) is 0 Å². The van der Waals surface area contributed by atoms with Gasteiger partial charge < -0.3 is 14.7 Å². The first-order valence-corrected chi connectivity index (χ1v) is 5.96. The van der Waals surface area contributed by atoms with E-state index in [-0.39, 0.29) is 18.7 Å². The van der Waals surface area contributed by atoms with E-state index in [0.29, 0.717) is 18.5 Å². The number of isocyanates is 1. The molecule has 0 aliphatic heterocycles. The summed E-state index contributed by atoms with van der Waals surface area (Å²) in [5.74, 6) is -1.37. The third-order valence-corrected chi connectivity index (χ3v) is 1.88. The number of aliphatic carboxylic acids is 1. The van der Waals surface area contributed by atoms with Crippen LogP contribution in [0.15, 0.2) is 28.8 Å². The summed E-state index contributed by atoms with van der Waals surface area (Å²) in [4.78, 5) is 36.6. The van der Waals surface area contributed by atoms with Crippen molar-refractivity contribution >= 4 is 18.0 Å². The van der Waals surface area contributed by atoms with Gasteiger partial charge in [0, 0.05) is 11.1 Å². The minimum Gasteiger partial charge on any atom is -0.478 e. The van der Waals surface area contributed by atoms with Gasteiger partial charge in [-0.05, 0) is 20.3 Å². The number of hydrogen-bond acceptors (Lipinski definition) is 5. The highest BCUT2D eigenvalue weighted by molar-refractivity contribution is 5.87. The highest BCUT2D eigenvalue weighted by Gasteiger charge is 2.01. The molecule has 7 heteroatoms. The highest BCUT2D eigenvalue weighted by Crippen LogP contribution is 1.94. The largest absolute Gasteiger partial charge is 0.478 e.